The second kappa shape index (κ2) is 5.74. The van der Waals surface area contributed by atoms with Gasteiger partial charge in [0.2, 0.25) is 0 Å². The highest BCUT2D eigenvalue weighted by Gasteiger charge is 2.07. The van der Waals surface area contributed by atoms with Crippen molar-refractivity contribution in [2.75, 3.05) is 6.61 Å². The van der Waals surface area contributed by atoms with Gasteiger partial charge in [-0.25, -0.2) is 0 Å². The summed E-state index contributed by atoms with van der Waals surface area (Å²) in [6.45, 7) is 6.42. The van der Waals surface area contributed by atoms with Crippen LogP contribution >= 0.6 is 0 Å². The number of fused-ring (bicyclic) bond motifs is 1. The minimum Gasteiger partial charge on any atom is -0.489 e. The Balaban J connectivity index is 2.44. The highest BCUT2D eigenvalue weighted by molar-refractivity contribution is 5.88. The third-order valence-corrected chi connectivity index (χ3v) is 3.11. The van der Waals surface area contributed by atoms with Gasteiger partial charge in [0.25, 0.3) is 5.56 Å². The molecule has 1 aromatic carbocycles. The molecule has 3 heteroatoms. The summed E-state index contributed by atoms with van der Waals surface area (Å²) in [4.78, 5) is 14.6. The van der Waals surface area contributed by atoms with Crippen molar-refractivity contribution < 1.29 is 4.74 Å². The Bertz CT molecular complexity index is 668. The van der Waals surface area contributed by atoms with E-state index in [2.05, 4.69) is 18.0 Å². The van der Waals surface area contributed by atoms with E-state index in [1.54, 1.807) is 6.92 Å². The maximum Gasteiger partial charge on any atom is 0.251 e. The summed E-state index contributed by atoms with van der Waals surface area (Å²) in [6.07, 6.45) is 5.08. The topological polar surface area (TPSA) is 42.1 Å². The molecule has 0 amide bonds. The maximum atomic E-state index is 11.7. The molecule has 0 unspecified atom stereocenters. The predicted molar refractivity (Wildman–Crippen MR) is 79.0 cm³/mol. The van der Waals surface area contributed by atoms with Crippen molar-refractivity contribution in [2.45, 2.75) is 27.2 Å². The van der Waals surface area contributed by atoms with Crippen LogP contribution in [0.1, 0.15) is 24.5 Å². The van der Waals surface area contributed by atoms with Crippen molar-refractivity contribution in [1.82, 2.24) is 4.98 Å². The number of allylic oxidation sites excluding steroid dienone is 1. The van der Waals surface area contributed by atoms with E-state index in [4.69, 9.17) is 4.74 Å². The summed E-state index contributed by atoms with van der Waals surface area (Å²) in [7, 11) is 0. The van der Waals surface area contributed by atoms with Crippen LogP contribution in [0.15, 0.2) is 35.1 Å². The van der Waals surface area contributed by atoms with Crippen LogP contribution in [0, 0.1) is 13.8 Å². The Morgan fingerprint density at radius 1 is 1.21 bits per heavy atom. The molecule has 3 nitrogen and oxygen atoms in total. The predicted octanol–water partition coefficient (Wildman–Crippen LogP) is 3.49. The van der Waals surface area contributed by atoms with Crippen molar-refractivity contribution in [3.63, 3.8) is 0 Å². The first-order valence-corrected chi connectivity index (χ1v) is 6.54. The Morgan fingerprint density at radius 2 is 2.00 bits per heavy atom. The molecule has 2 rings (SSSR count). The van der Waals surface area contributed by atoms with Gasteiger partial charge < -0.3 is 9.72 Å². The normalized spacial score (nSPS) is 11.3. The van der Waals surface area contributed by atoms with Crippen LogP contribution < -0.4 is 10.3 Å². The Hall–Kier alpha value is -2.03. The first-order chi connectivity index (χ1) is 9.13. The standard InChI is InChI=1S/C16H19NO2/c1-4-5-6-9-19-14-8-7-11(2)15-13(14)10-12(3)16(18)17-15/h5-8,10H,4,9H2,1-3H3,(H,17,18)/b6-5-. The number of H-pyrrole nitrogens is 1. The first kappa shape index (κ1) is 13.4. The number of nitrogens with one attached hydrogen (secondary N) is 1. The SMILES string of the molecule is CC/C=C\COc1ccc(C)c2[nH]c(=O)c(C)cc12. The fourth-order valence-electron chi connectivity index (χ4n) is 2.01. The van der Waals surface area contributed by atoms with Crippen LogP contribution in [0.2, 0.25) is 0 Å². The Labute approximate surface area is 112 Å². The second-order valence-corrected chi connectivity index (χ2v) is 4.64. The van der Waals surface area contributed by atoms with Gasteiger partial charge in [0.05, 0.1) is 5.52 Å². The molecule has 0 spiro atoms. The van der Waals surface area contributed by atoms with Gasteiger partial charge in [0, 0.05) is 10.9 Å². The molecule has 0 atom stereocenters. The van der Waals surface area contributed by atoms with Crippen molar-refractivity contribution in [1.29, 1.82) is 0 Å². The van der Waals surface area contributed by atoms with Crippen molar-refractivity contribution in [2.24, 2.45) is 0 Å². The summed E-state index contributed by atoms with van der Waals surface area (Å²) >= 11 is 0. The summed E-state index contributed by atoms with van der Waals surface area (Å²) in [5.41, 5.74) is 2.56. The zero-order chi connectivity index (χ0) is 13.8. The van der Waals surface area contributed by atoms with E-state index in [1.165, 1.54) is 0 Å². The molecule has 0 saturated heterocycles. The molecule has 0 saturated carbocycles. The summed E-state index contributed by atoms with van der Waals surface area (Å²) < 4.78 is 5.76. The molecule has 2 aromatic rings. The van der Waals surface area contributed by atoms with Gasteiger partial charge in [-0.1, -0.05) is 25.1 Å². The zero-order valence-corrected chi connectivity index (χ0v) is 11.6. The minimum absolute atomic E-state index is 0.0429. The largest absolute Gasteiger partial charge is 0.489 e. The summed E-state index contributed by atoms with van der Waals surface area (Å²) in [5.74, 6) is 0.806. The van der Waals surface area contributed by atoms with Crippen LogP contribution in [-0.2, 0) is 0 Å². The van der Waals surface area contributed by atoms with E-state index in [-0.39, 0.29) is 5.56 Å². The lowest BCUT2D eigenvalue weighted by Gasteiger charge is -2.10. The minimum atomic E-state index is -0.0429. The number of hydrogen-bond acceptors (Lipinski definition) is 2. The van der Waals surface area contributed by atoms with Gasteiger partial charge in [0.15, 0.2) is 0 Å². The van der Waals surface area contributed by atoms with E-state index in [0.29, 0.717) is 12.2 Å². The van der Waals surface area contributed by atoms with E-state index < -0.39 is 0 Å². The van der Waals surface area contributed by atoms with Gasteiger partial charge >= 0.3 is 0 Å². The lowest BCUT2D eigenvalue weighted by molar-refractivity contribution is 0.367. The molecule has 0 bridgehead atoms. The maximum absolute atomic E-state index is 11.7. The average molecular weight is 257 g/mol. The molecular weight excluding hydrogens is 238 g/mol. The molecule has 19 heavy (non-hydrogen) atoms. The number of aromatic nitrogens is 1. The molecule has 0 aliphatic carbocycles. The van der Waals surface area contributed by atoms with Crippen molar-refractivity contribution in [3.05, 3.63) is 51.8 Å². The number of benzene rings is 1. The quantitative estimate of drug-likeness (QED) is 0.852. The molecule has 0 aliphatic heterocycles. The van der Waals surface area contributed by atoms with Crippen LogP contribution in [0.3, 0.4) is 0 Å². The van der Waals surface area contributed by atoms with Gasteiger partial charge in [-0.05, 0) is 38.0 Å². The number of pyridine rings is 1. The molecular formula is C16H19NO2. The summed E-state index contributed by atoms with van der Waals surface area (Å²) in [6, 6.07) is 5.81. The number of aromatic amines is 1. The molecule has 0 aliphatic rings. The fraction of sp³-hybridized carbons (Fsp3) is 0.312. The summed E-state index contributed by atoms with van der Waals surface area (Å²) in [5, 5.41) is 0.960. The highest BCUT2D eigenvalue weighted by atomic mass is 16.5. The molecule has 1 N–H and O–H groups in total. The fourth-order valence-corrected chi connectivity index (χ4v) is 2.01. The van der Waals surface area contributed by atoms with Gasteiger partial charge in [-0.3, -0.25) is 4.79 Å². The van der Waals surface area contributed by atoms with Crippen molar-refractivity contribution >= 4 is 10.9 Å². The van der Waals surface area contributed by atoms with Crippen molar-refractivity contribution in [3.8, 4) is 5.75 Å². The number of hydrogen-bond donors (Lipinski definition) is 1. The smallest absolute Gasteiger partial charge is 0.251 e. The lowest BCUT2D eigenvalue weighted by Crippen LogP contribution is -2.09. The Morgan fingerprint density at radius 3 is 2.74 bits per heavy atom. The van der Waals surface area contributed by atoms with Crippen LogP contribution in [0.5, 0.6) is 5.75 Å². The molecule has 100 valence electrons. The highest BCUT2D eigenvalue weighted by Crippen LogP contribution is 2.26. The van der Waals surface area contributed by atoms with Crippen LogP contribution in [-0.4, -0.2) is 11.6 Å². The molecule has 0 fully saturated rings. The van der Waals surface area contributed by atoms with E-state index in [1.807, 2.05) is 31.2 Å². The van der Waals surface area contributed by atoms with Gasteiger partial charge in [0.1, 0.15) is 12.4 Å². The first-order valence-electron chi connectivity index (χ1n) is 6.54. The number of aryl methyl sites for hydroxylation is 2. The molecule has 1 heterocycles. The van der Waals surface area contributed by atoms with Crippen LogP contribution in [0.25, 0.3) is 10.9 Å². The zero-order valence-electron chi connectivity index (χ0n) is 11.6. The van der Waals surface area contributed by atoms with E-state index in [0.717, 1.165) is 28.6 Å². The van der Waals surface area contributed by atoms with Gasteiger partial charge in [-0.15, -0.1) is 0 Å². The number of ether oxygens (including phenoxy) is 1. The molecule has 1 aromatic heterocycles. The third kappa shape index (κ3) is 2.87. The van der Waals surface area contributed by atoms with E-state index >= 15 is 0 Å². The Kier molecular flexibility index (Phi) is 4.05. The van der Waals surface area contributed by atoms with Crippen LogP contribution in [0.4, 0.5) is 0 Å². The average Bonchev–Trinajstić information content (AvgIpc) is 2.39. The lowest BCUT2D eigenvalue weighted by atomic mass is 10.1. The monoisotopic (exact) mass is 257 g/mol. The van der Waals surface area contributed by atoms with Gasteiger partial charge in [-0.2, -0.15) is 0 Å². The number of rotatable bonds is 4. The molecule has 0 radical (unpaired) electrons. The third-order valence-electron chi connectivity index (χ3n) is 3.11. The van der Waals surface area contributed by atoms with E-state index in [9.17, 15) is 4.79 Å². The second-order valence-electron chi connectivity index (χ2n) is 4.64.